The van der Waals surface area contributed by atoms with Crippen molar-refractivity contribution in [2.75, 3.05) is 31.3 Å². The number of sulfone groups is 1. The Labute approximate surface area is 113 Å². The molecule has 0 aliphatic carbocycles. The van der Waals surface area contributed by atoms with Crippen LogP contribution in [-0.2, 0) is 14.6 Å². The van der Waals surface area contributed by atoms with Gasteiger partial charge < -0.3 is 10.1 Å². The van der Waals surface area contributed by atoms with Gasteiger partial charge in [-0.25, -0.2) is 8.42 Å². The van der Waals surface area contributed by atoms with E-state index in [9.17, 15) is 8.42 Å². The number of alkyl halides is 1. The highest BCUT2D eigenvalue weighted by Crippen LogP contribution is 2.15. The van der Waals surface area contributed by atoms with E-state index in [2.05, 4.69) is 5.32 Å². The van der Waals surface area contributed by atoms with Crippen LogP contribution in [0.15, 0.2) is 29.2 Å². The molecule has 0 saturated carbocycles. The molecule has 1 atom stereocenters. The molecule has 1 N–H and O–H groups in total. The van der Waals surface area contributed by atoms with Crippen LogP contribution in [0.2, 0.25) is 0 Å². The molecule has 0 aliphatic rings. The predicted octanol–water partition coefficient (Wildman–Crippen LogP) is 2.15. The normalized spacial score (nSPS) is 13.3. The molecule has 0 aromatic heterocycles. The van der Waals surface area contributed by atoms with Gasteiger partial charge in [-0.3, -0.25) is 0 Å². The Morgan fingerprint density at radius 2 is 1.94 bits per heavy atom. The van der Waals surface area contributed by atoms with Crippen molar-refractivity contribution in [3.05, 3.63) is 24.3 Å². The van der Waals surface area contributed by atoms with E-state index in [0.717, 1.165) is 5.69 Å². The van der Waals surface area contributed by atoms with Gasteiger partial charge in [-0.1, -0.05) is 6.92 Å². The van der Waals surface area contributed by atoms with Crippen molar-refractivity contribution in [1.82, 2.24) is 0 Å². The fraction of sp³-hybridized carbons (Fsp3) is 0.500. The van der Waals surface area contributed by atoms with Crippen LogP contribution in [0.3, 0.4) is 0 Å². The van der Waals surface area contributed by atoms with Crippen molar-refractivity contribution in [2.45, 2.75) is 17.2 Å². The molecular weight excluding hydrogens is 274 g/mol. The van der Waals surface area contributed by atoms with Crippen molar-refractivity contribution in [3.8, 4) is 0 Å². The molecule has 102 valence electrons. The minimum Gasteiger partial charge on any atom is -0.383 e. The molecule has 6 heteroatoms. The number of rotatable bonds is 7. The number of hydrogen-bond donors (Lipinski definition) is 1. The van der Waals surface area contributed by atoms with Crippen LogP contribution in [0.5, 0.6) is 0 Å². The average molecular weight is 292 g/mol. The highest BCUT2D eigenvalue weighted by molar-refractivity contribution is 7.91. The SMILES string of the molecule is CCS(=O)(=O)c1ccc(NCC(Cl)COC)cc1. The van der Waals surface area contributed by atoms with E-state index < -0.39 is 9.84 Å². The van der Waals surface area contributed by atoms with Gasteiger partial charge in [0.2, 0.25) is 0 Å². The minimum atomic E-state index is -3.13. The van der Waals surface area contributed by atoms with Gasteiger partial charge >= 0.3 is 0 Å². The van der Waals surface area contributed by atoms with Crippen molar-refractivity contribution in [2.24, 2.45) is 0 Å². The third-order valence-electron chi connectivity index (χ3n) is 2.47. The monoisotopic (exact) mass is 291 g/mol. The van der Waals surface area contributed by atoms with Gasteiger partial charge in [-0.05, 0) is 24.3 Å². The van der Waals surface area contributed by atoms with Gasteiger partial charge in [-0.2, -0.15) is 0 Å². The lowest BCUT2D eigenvalue weighted by molar-refractivity contribution is 0.200. The first-order chi connectivity index (χ1) is 8.49. The van der Waals surface area contributed by atoms with E-state index in [1.54, 1.807) is 38.3 Å². The number of halogens is 1. The Morgan fingerprint density at radius 3 is 2.44 bits per heavy atom. The Bertz CT molecular complexity index is 459. The second-order valence-electron chi connectivity index (χ2n) is 3.86. The van der Waals surface area contributed by atoms with E-state index in [1.807, 2.05) is 0 Å². The van der Waals surface area contributed by atoms with Gasteiger partial charge in [0, 0.05) is 19.3 Å². The molecule has 1 aromatic rings. The Morgan fingerprint density at radius 1 is 1.33 bits per heavy atom. The third-order valence-corrected chi connectivity index (χ3v) is 4.50. The molecule has 18 heavy (non-hydrogen) atoms. The molecule has 1 rings (SSSR count). The zero-order chi connectivity index (χ0) is 13.6. The summed E-state index contributed by atoms with van der Waals surface area (Å²) in [6, 6.07) is 6.67. The number of benzene rings is 1. The summed E-state index contributed by atoms with van der Waals surface area (Å²) in [5.41, 5.74) is 0.840. The molecule has 0 bridgehead atoms. The second-order valence-corrected chi connectivity index (χ2v) is 6.76. The summed E-state index contributed by atoms with van der Waals surface area (Å²) in [4.78, 5) is 0.342. The molecule has 0 spiro atoms. The minimum absolute atomic E-state index is 0.109. The highest BCUT2D eigenvalue weighted by Gasteiger charge is 2.10. The van der Waals surface area contributed by atoms with Crippen molar-refractivity contribution in [3.63, 3.8) is 0 Å². The summed E-state index contributed by atoms with van der Waals surface area (Å²) in [7, 11) is -1.53. The van der Waals surface area contributed by atoms with Crippen LogP contribution >= 0.6 is 11.6 Å². The zero-order valence-electron chi connectivity index (χ0n) is 10.5. The second kappa shape index (κ2) is 6.97. The fourth-order valence-corrected chi connectivity index (χ4v) is 2.50. The van der Waals surface area contributed by atoms with Crippen LogP contribution in [-0.4, -0.2) is 39.8 Å². The lowest BCUT2D eigenvalue weighted by Gasteiger charge is -2.11. The van der Waals surface area contributed by atoms with Crippen LogP contribution < -0.4 is 5.32 Å². The van der Waals surface area contributed by atoms with Gasteiger partial charge in [0.05, 0.1) is 22.6 Å². The van der Waals surface area contributed by atoms with E-state index >= 15 is 0 Å². The summed E-state index contributed by atoms with van der Waals surface area (Å²) < 4.78 is 28.1. The zero-order valence-corrected chi connectivity index (χ0v) is 12.1. The van der Waals surface area contributed by atoms with Crippen LogP contribution in [0.4, 0.5) is 5.69 Å². The van der Waals surface area contributed by atoms with E-state index in [4.69, 9.17) is 16.3 Å². The summed E-state index contributed by atoms with van der Waals surface area (Å²) in [6.07, 6.45) is 0. The number of hydrogen-bond acceptors (Lipinski definition) is 4. The van der Waals surface area contributed by atoms with Crippen LogP contribution in [0.1, 0.15) is 6.92 Å². The molecule has 1 unspecified atom stereocenters. The Balaban J connectivity index is 2.61. The van der Waals surface area contributed by atoms with Gasteiger partial charge in [0.25, 0.3) is 0 Å². The lowest BCUT2D eigenvalue weighted by Crippen LogP contribution is -2.18. The molecule has 0 fully saturated rings. The molecule has 1 aromatic carbocycles. The summed E-state index contributed by atoms with van der Waals surface area (Å²) in [5.74, 6) is 0.109. The van der Waals surface area contributed by atoms with E-state index in [1.165, 1.54) is 0 Å². The molecule has 0 aliphatic heterocycles. The summed E-state index contributed by atoms with van der Waals surface area (Å²) in [5, 5.41) is 3.00. The molecule has 0 radical (unpaired) electrons. The summed E-state index contributed by atoms with van der Waals surface area (Å²) >= 11 is 5.97. The number of methoxy groups -OCH3 is 1. The Hall–Kier alpha value is -0.780. The van der Waals surface area contributed by atoms with E-state index in [-0.39, 0.29) is 11.1 Å². The quantitative estimate of drug-likeness (QED) is 0.782. The molecule has 0 heterocycles. The Kier molecular flexibility index (Phi) is 5.91. The molecule has 0 amide bonds. The van der Waals surface area contributed by atoms with Crippen molar-refractivity contribution in [1.29, 1.82) is 0 Å². The van der Waals surface area contributed by atoms with Crippen LogP contribution in [0, 0.1) is 0 Å². The standard InChI is InChI=1S/C12H18ClNO3S/c1-3-18(15,16)12-6-4-11(5-7-12)14-8-10(13)9-17-2/h4-7,10,14H,3,8-9H2,1-2H3. The maximum Gasteiger partial charge on any atom is 0.178 e. The summed E-state index contributed by atoms with van der Waals surface area (Å²) in [6.45, 7) is 2.66. The first kappa shape index (κ1) is 15.3. The van der Waals surface area contributed by atoms with Crippen LogP contribution in [0.25, 0.3) is 0 Å². The number of anilines is 1. The van der Waals surface area contributed by atoms with E-state index in [0.29, 0.717) is 18.0 Å². The maximum absolute atomic E-state index is 11.6. The number of nitrogens with one attached hydrogen (secondary N) is 1. The molecule has 4 nitrogen and oxygen atoms in total. The van der Waals surface area contributed by atoms with Crippen molar-refractivity contribution >= 4 is 27.1 Å². The molecule has 0 saturated heterocycles. The third kappa shape index (κ3) is 4.48. The largest absolute Gasteiger partial charge is 0.383 e. The molecular formula is C12H18ClNO3S. The number of ether oxygens (including phenoxy) is 1. The topological polar surface area (TPSA) is 55.4 Å². The smallest absolute Gasteiger partial charge is 0.178 e. The maximum atomic E-state index is 11.6. The van der Waals surface area contributed by atoms with Gasteiger partial charge in [0.1, 0.15) is 0 Å². The van der Waals surface area contributed by atoms with Gasteiger partial charge in [0.15, 0.2) is 9.84 Å². The first-order valence-corrected chi connectivity index (χ1v) is 7.78. The van der Waals surface area contributed by atoms with Crippen molar-refractivity contribution < 1.29 is 13.2 Å². The average Bonchev–Trinajstić information content (AvgIpc) is 2.37. The predicted molar refractivity (Wildman–Crippen MR) is 74.2 cm³/mol. The van der Waals surface area contributed by atoms with Gasteiger partial charge in [-0.15, -0.1) is 11.6 Å². The lowest BCUT2D eigenvalue weighted by atomic mass is 10.3. The fourth-order valence-electron chi connectivity index (χ4n) is 1.42. The first-order valence-electron chi connectivity index (χ1n) is 5.69. The highest BCUT2D eigenvalue weighted by atomic mass is 35.5.